The molecule has 136 valence electrons. The zero-order valence-corrected chi connectivity index (χ0v) is 14.9. The molecule has 0 aliphatic carbocycles. The molecule has 3 N–H and O–H groups in total. The number of rotatable bonds is 5. The molecule has 27 heavy (non-hydrogen) atoms. The first-order chi connectivity index (χ1) is 13.0. The van der Waals surface area contributed by atoms with Gasteiger partial charge < -0.3 is 10.4 Å². The molecule has 3 aromatic carbocycles. The number of hydrogen-bond acceptors (Lipinski definition) is 4. The van der Waals surface area contributed by atoms with E-state index in [0.717, 1.165) is 10.8 Å². The molecule has 3 rings (SSSR count). The Morgan fingerprint density at radius 3 is 2.70 bits per heavy atom. The number of aromatic hydroxyl groups is 1. The smallest absolute Gasteiger partial charge is 0.259 e. The minimum absolute atomic E-state index is 0.0124. The van der Waals surface area contributed by atoms with Gasteiger partial charge in [0.15, 0.2) is 0 Å². The summed E-state index contributed by atoms with van der Waals surface area (Å²) >= 11 is 5.83. The van der Waals surface area contributed by atoms with E-state index >= 15 is 0 Å². The van der Waals surface area contributed by atoms with E-state index in [1.165, 1.54) is 24.4 Å². The van der Waals surface area contributed by atoms with Crippen molar-refractivity contribution in [2.24, 2.45) is 5.10 Å². The lowest BCUT2D eigenvalue weighted by Crippen LogP contribution is -2.35. The molecule has 0 unspecified atom stereocenters. The number of amides is 2. The summed E-state index contributed by atoms with van der Waals surface area (Å²) in [6.07, 6.45) is 1.27. The second-order valence-corrected chi connectivity index (χ2v) is 6.14. The molecule has 0 heterocycles. The highest BCUT2D eigenvalue weighted by Crippen LogP contribution is 2.19. The average Bonchev–Trinajstić information content (AvgIpc) is 2.68. The normalized spacial score (nSPS) is 10.9. The highest BCUT2D eigenvalue weighted by Gasteiger charge is 2.10. The van der Waals surface area contributed by atoms with Gasteiger partial charge in [-0.3, -0.25) is 9.59 Å². The molecule has 0 bridgehead atoms. The van der Waals surface area contributed by atoms with Crippen molar-refractivity contribution in [1.82, 2.24) is 10.7 Å². The molecule has 0 saturated heterocycles. The maximum atomic E-state index is 12.4. The van der Waals surface area contributed by atoms with Crippen molar-refractivity contribution < 1.29 is 14.7 Å². The van der Waals surface area contributed by atoms with Gasteiger partial charge in [0.05, 0.1) is 12.8 Å². The largest absolute Gasteiger partial charge is 0.507 e. The number of carbonyl (C=O) groups excluding carboxylic acids is 2. The lowest BCUT2D eigenvalue weighted by molar-refractivity contribution is -0.120. The standard InChI is InChI=1S/C20H16ClN3O3/c21-15-8-9-18(25)14(10-15)11-23-24-19(26)12-22-20(27)17-7-3-5-13-4-1-2-6-16(13)17/h1-11,25H,12H2,(H,22,27)(H,24,26)/b23-11-. The number of phenolic OH excluding ortho intramolecular Hbond substituents is 1. The number of fused-ring (bicyclic) bond motifs is 1. The molecule has 0 fully saturated rings. The van der Waals surface area contributed by atoms with Crippen molar-refractivity contribution in [3.63, 3.8) is 0 Å². The van der Waals surface area contributed by atoms with Gasteiger partial charge in [0.1, 0.15) is 5.75 Å². The van der Waals surface area contributed by atoms with Crippen molar-refractivity contribution in [2.75, 3.05) is 6.54 Å². The Morgan fingerprint density at radius 2 is 1.85 bits per heavy atom. The van der Waals surface area contributed by atoms with Crippen LogP contribution in [-0.4, -0.2) is 29.7 Å². The van der Waals surface area contributed by atoms with E-state index in [1.807, 2.05) is 30.3 Å². The van der Waals surface area contributed by atoms with Gasteiger partial charge in [-0.05, 0) is 35.0 Å². The molecule has 3 aromatic rings. The third-order valence-corrected chi connectivity index (χ3v) is 4.06. The van der Waals surface area contributed by atoms with E-state index in [1.54, 1.807) is 12.1 Å². The van der Waals surface area contributed by atoms with Crippen LogP contribution in [0.2, 0.25) is 5.02 Å². The first-order valence-corrected chi connectivity index (χ1v) is 8.49. The maximum absolute atomic E-state index is 12.4. The van der Waals surface area contributed by atoms with Crippen molar-refractivity contribution in [3.05, 3.63) is 76.8 Å². The summed E-state index contributed by atoms with van der Waals surface area (Å²) in [7, 11) is 0. The average molecular weight is 382 g/mol. The zero-order chi connectivity index (χ0) is 19.2. The van der Waals surface area contributed by atoms with Crippen LogP contribution in [0.25, 0.3) is 10.8 Å². The fraction of sp³-hybridized carbons (Fsp3) is 0.0500. The van der Waals surface area contributed by atoms with Crippen LogP contribution in [0.1, 0.15) is 15.9 Å². The second kappa shape index (κ2) is 8.33. The zero-order valence-electron chi connectivity index (χ0n) is 14.1. The van der Waals surface area contributed by atoms with Crippen LogP contribution in [0.3, 0.4) is 0 Å². The summed E-state index contributed by atoms with van der Waals surface area (Å²) in [4.78, 5) is 24.2. The molecule has 0 atom stereocenters. The van der Waals surface area contributed by atoms with E-state index in [2.05, 4.69) is 15.8 Å². The Hall–Kier alpha value is -3.38. The molecule has 0 radical (unpaired) electrons. The van der Waals surface area contributed by atoms with Crippen molar-refractivity contribution >= 4 is 40.4 Å². The first-order valence-electron chi connectivity index (χ1n) is 8.11. The van der Waals surface area contributed by atoms with Gasteiger partial charge in [-0.1, -0.05) is 48.0 Å². The summed E-state index contributed by atoms with van der Waals surface area (Å²) < 4.78 is 0. The molecule has 0 spiro atoms. The third-order valence-electron chi connectivity index (χ3n) is 3.83. The number of hydrazone groups is 1. The third kappa shape index (κ3) is 4.62. The summed E-state index contributed by atoms with van der Waals surface area (Å²) in [5, 5.41) is 18.2. The highest BCUT2D eigenvalue weighted by molar-refractivity contribution is 6.30. The van der Waals surface area contributed by atoms with E-state index in [4.69, 9.17) is 11.6 Å². The number of phenols is 1. The predicted molar refractivity (Wildman–Crippen MR) is 105 cm³/mol. The number of benzene rings is 3. The first kappa shape index (κ1) is 18.4. The summed E-state index contributed by atoms with van der Waals surface area (Å²) in [5.74, 6) is -0.860. The van der Waals surface area contributed by atoms with E-state index in [9.17, 15) is 14.7 Å². The predicted octanol–water partition coefficient (Wildman–Crippen LogP) is 3.08. The van der Waals surface area contributed by atoms with E-state index in [-0.39, 0.29) is 18.2 Å². The van der Waals surface area contributed by atoms with Gasteiger partial charge in [-0.25, -0.2) is 5.43 Å². The van der Waals surface area contributed by atoms with Gasteiger partial charge in [-0.2, -0.15) is 5.10 Å². The number of nitrogens with one attached hydrogen (secondary N) is 2. The summed E-state index contributed by atoms with van der Waals surface area (Å²) in [6.45, 7) is -0.235. The van der Waals surface area contributed by atoms with Crippen molar-refractivity contribution in [3.8, 4) is 5.75 Å². The van der Waals surface area contributed by atoms with Gasteiger partial charge >= 0.3 is 0 Å². The number of halogens is 1. The Balaban J connectivity index is 1.58. The molecule has 2 amide bonds. The molecule has 7 heteroatoms. The van der Waals surface area contributed by atoms with Gasteiger partial charge in [-0.15, -0.1) is 0 Å². The molecule has 0 aliphatic heterocycles. The van der Waals surface area contributed by atoms with Gasteiger partial charge in [0.25, 0.3) is 11.8 Å². The Bertz CT molecular complexity index is 1030. The fourth-order valence-electron chi connectivity index (χ4n) is 2.52. The Morgan fingerprint density at radius 1 is 1.07 bits per heavy atom. The SMILES string of the molecule is O=C(CNC(=O)c1cccc2ccccc12)N/N=C\c1cc(Cl)ccc1O. The van der Waals surface area contributed by atoms with Crippen LogP contribution in [-0.2, 0) is 4.79 Å². The Labute approximate surface area is 160 Å². The van der Waals surface area contributed by atoms with Crippen LogP contribution < -0.4 is 10.7 Å². The molecular weight excluding hydrogens is 366 g/mol. The Kier molecular flexibility index (Phi) is 5.68. The number of hydrogen-bond donors (Lipinski definition) is 3. The van der Waals surface area contributed by atoms with Gasteiger partial charge in [0, 0.05) is 16.1 Å². The van der Waals surface area contributed by atoms with E-state index in [0.29, 0.717) is 16.1 Å². The highest BCUT2D eigenvalue weighted by atomic mass is 35.5. The van der Waals surface area contributed by atoms with Crippen molar-refractivity contribution in [1.29, 1.82) is 0 Å². The maximum Gasteiger partial charge on any atom is 0.259 e. The van der Waals surface area contributed by atoms with Crippen LogP contribution in [0, 0.1) is 0 Å². The van der Waals surface area contributed by atoms with Crippen LogP contribution in [0.15, 0.2) is 65.8 Å². The number of carbonyl (C=O) groups is 2. The molecule has 0 aromatic heterocycles. The topological polar surface area (TPSA) is 90.8 Å². The summed E-state index contributed by atoms with van der Waals surface area (Å²) in [5.41, 5.74) is 3.14. The minimum Gasteiger partial charge on any atom is -0.507 e. The van der Waals surface area contributed by atoms with Crippen LogP contribution in [0.4, 0.5) is 0 Å². The molecular formula is C20H16ClN3O3. The second-order valence-electron chi connectivity index (χ2n) is 5.71. The van der Waals surface area contributed by atoms with Crippen molar-refractivity contribution in [2.45, 2.75) is 0 Å². The fourth-order valence-corrected chi connectivity index (χ4v) is 2.70. The van der Waals surface area contributed by atoms with Crippen LogP contribution in [0.5, 0.6) is 5.75 Å². The lowest BCUT2D eigenvalue weighted by atomic mass is 10.0. The summed E-state index contributed by atoms with van der Waals surface area (Å²) in [6, 6.07) is 17.4. The molecule has 6 nitrogen and oxygen atoms in total. The molecule has 0 aliphatic rings. The minimum atomic E-state index is -0.499. The quantitative estimate of drug-likeness (QED) is 0.468. The monoisotopic (exact) mass is 381 g/mol. The van der Waals surface area contributed by atoms with Crippen LogP contribution >= 0.6 is 11.6 Å². The number of nitrogens with zero attached hydrogens (tertiary/aromatic N) is 1. The lowest BCUT2D eigenvalue weighted by Gasteiger charge is -2.07. The van der Waals surface area contributed by atoms with Gasteiger partial charge in [0.2, 0.25) is 0 Å². The molecule has 0 saturated carbocycles. The van der Waals surface area contributed by atoms with E-state index < -0.39 is 5.91 Å².